The normalized spacial score (nSPS) is 10.9. The molecular formula is C15H11F2N3O2S. The summed E-state index contributed by atoms with van der Waals surface area (Å²) in [7, 11) is 0. The molecule has 0 spiro atoms. The average molecular weight is 335 g/mol. The van der Waals surface area contributed by atoms with Gasteiger partial charge >= 0.3 is 11.4 Å². The second-order valence-corrected chi connectivity index (χ2v) is 5.76. The lowest BCUT2D eigenvalue weighted by Crippen LogP contribution is -2.24. The monoisotopic (exact) mass is 335 g/mol. The number of halogens is 2. The Morgan fingerprint density at radius 3 is 2.22 bits per heavy atom. The van der Waals surface area contributed by atoms with Gasteiger partial charge in [0.2, 0.25) is 0 Å². The van der Waals surface area contributed by atoms with Gasteiger partial charge in [0.25, 0.3) is 0 Å². The number of thioether (sulfide) groups is 1. The van der Waals surface area contributed by atoms with Gasteiger partial charge in [-0.25, -0.2) is 33.1 Å². The Kier molecular flexibility index (Phi) is 4.16. The summed E-state index contributed by atoms with van der Waals surface area (Å²) in [6.07, 6.45) is 0. The smallest absolute Gasteiger partial charge is 0.247 e. The Hall–Kier alpha value is -2.61. The van der Waals surface area contributed by atoms with E-state index in [0.717, 1.165) is 15.5 Å². The van der Waals surface area contributed by atoms with E-state index in [9.17, 15) is 18.4 Å². The highest BCUT2D eigenvalue weighted by Crippen LogP contribution is 2.25. The van der Waals surface area contributed by atoms with Gasteiger partial charge in [-0.15, -0.1) is 11.8 Å². The van der Waals surface area contributed by atoms with Gasteiger partial charge < -0.3 is 0 Å². The minimum Gasteiger partial charge on any atom is -0.247 e. The standard InChI is InChI=1S/C15H11F2N3O2S/c16-10-2-1-9(13(17)7-10)8-23-12-5-3-11(4-6-12)20-14(21)18-19-15(20)22/h1-7H,8H2,(H,18,21)(H,19,22). The highest BCUT2D eigenvalue weighted by molar-refractivity contribution is 7.98. The molecule has 3 aromatic rings. The van der Waals surface area contributed by atoms with Crippen molar-refractivity contribution in [3.63, 3.8) is 0 Å². The number of nitrogens with one attached hydrogen (secondary N) is 2. The largest absolute Gasteiger partial charge is 0.348 e. The molecule has 0 aliphatic rings. The molecule has 0 saturated carbocycles. The van der Waals surface area contributed by atoms with E-state index in [-0.39, 0.29) is 0 Å². The van der Waals surface area contributed by atoms with E-state index in [1.165, 1.54) is 23.9 Å². The molecular weight excluding hydrogens is 324 g/mol. The van der Waals surface area contributed by atoms with Crippen molar-refractivity contribution < 1.29 is 8.78 Å². The van der Waals surface area contributed by atoms with Crippen LogP contribution in [0.25, 0.3) is 5.69 Å². The third-order valence-electron chi connectivity index (χ3n) is 3.19. The van der Waals surface area contributed by atoms with Gasteiger partial charge in [-0.3, -0.25) is 0 Å². The van der Waals surface area contributed by atoms with Crippen LogP contribution in [0, 0.1) is 11.6 Å². The lowest BCUT2D eigenvalue weighted by molar-refractivity contribution is 0.576. The van der Waals surface area contributed by atoms with Crippen LogP contribution in [0.4, 0.5) is 8.78 Å². The first-order valence-corrected chi connectivity index (χ1v) is 7.60. The maximum Gasteiger partial charge on any atom is 0.348 e. The molecule has 0 saturated heterocycles. The summed E-state index contributed by atoms with van der Waals surface area (Å²) in [5, 5.41) is 4.40. The van der Waals surface area contributed by atoms with Gasteiger partial charge in [-0.2, -0.15) is 0 Å². The highest BCUT2D eigenvalue weighted by atomic mass is 32.2. The molecule has 118 valence electrons. The molecule has 1 heterocycles. The van der Waals surface area contributed by atoms with Crippen LogP contribution in [-0.4, -0.2) is 14.8 Å². The Bertz CT molecular complexity index is 917. The minimum atomic E-state index is -0.609. The minimum absolute atomic E-state index is 0.343. The Morgan fingerprint density at radius 2 is 1.61 bits per heavy atom. The number of hydrogen-bond acceptors (Lipinski definition) is 3. The predicted octanol–water partition coefficient (Wildman–Crippen LogP) is 2.42. The number of rotatable bonds is 4. The fourth-order valence-electron chi connectivity index (χ4n) is 2.04. The van der Waals surface area contributed by atoms with Gasteiger partial charge in [-0.1, -0.05) is 6.07 Å². The lowest BCUT2D eigenvalue weighted by Gasteiger charge is -2.05. The molecule has 0 aliphatic carbocycles. The van der Waals surface area contributed by atoms with E-state index in [1.54, 1.807) is 24.3 Å². The molecule has 23 heavy (non-hydrogen) atoms. The van der Waals surface area contributed by atoms with E-state index >= 15 is 0 Å². The summed E-state index contributed by atoms with van der Waals surface area (Å²) in [5.41, 5.74) is -0.277. The van der Waals surface area contributed by atoms with Crippen LogP contribution < -0.4 is 11.4 Å². The first kappa shape index (κ1) is 15.3. The van der Waals surface area contributed by atoms with E-state index in [4.69, 9.17) is 0 Å². The van der Waals surface area contributed by atoms with Gasteiger partial charge in [0.1, 0.15) is 11.6 Å². The van der Waals surface area contributed by atoms with Crippen molar-refractivity contribution >= 4 is 11.8 Å². The second-order valence-electron chi connectivity index (χ2n) is 4.71. The van der Waals surface area contributed by atoms with Crippen molar-refractivity contribution in [2.45, 2.75) is 10.6 Å². The van der Waals surface area contributed by atoms with Crippen LogP contribution >= 0.6 is 11.8 Å². The van der Waals surface area contributed by atoms with Crippen LogP contribution in [-0.2, 0) is 5.75 Å². The molecule has 0 atom stereocenters. The second kappa shape index (κ2) is 6.25. The Labute approximate surface area is 133 Å². The van der Waals surface area contributed by atoms with E-state index < -0.39 is 23.0 Å². The van der Waals surface area contributed by atoms with Crippen molar-refractivity contribution in [2.24, 2.45) is 0 Å². The van der Waals surface area contributed by atoms with Gasteiger partial charge in [0.15, 0.2) is 0 Å². The number of aromatic amines is 2. The zero-order chi connectivity index (χ0) is 16.4. The van der Waals surface area contributed by atoms with Crippen LogP contribution in [0.1, 0.15) is 5.56 Å². The topological polar surface area (TPSA) is 70.7 Å². The molecule has 2 aromatic carbocycles. The summed E-state index contributed by atoms with van der Waals surface area (Å²) in [6.45, 7) is 0. The van der Waals surface area contributed by atoms with Crippen molar-refractivity contribution in [1.29, 1.82) is 0 Å². The predicted molar refractivity (Wildman–Crippen MR) is 82.9 cm³/mol. The zero-order valence-electron chi connectivity index (χ0n) is 11.7. The number of hydrogen-bond donors (Lipinski definition) is 2. The van der Waals surface area contributed by atoms with Crippen molar-refractivity contribution in [3.8, 4) is 5.69 Å². The van der Waals surface area contributed by atoms with Crippen molar-refractivity contribution in [2.75, 3.05) is 0 Å². The fraction of sp³-hybridized carbons (Fsp3) is 0.0667. The number of nitrogens with zero attached hydrogens (tertiary/aromatic N) is 1. The summed E-state index contributed by atoms with van der Waals surface area (Å²) in [4.78, 5) is 23.8. The van der Waals surface area contributed by atoms with Crippen LogP contribution in [0.15, 0.2) is 56.9 Å². The molecule has 8 heteroatoms. The summed E-state index contributed by atoms with van der Waals surface area (Å²) in [6, 6.07) is 10.2. The maximum absolute atomic E-state index is 13.6. The van der Waals surface area contributed by atoms with E-state index in [1.807, 2.05) is 0 Å². The van der Waals surface area contributed by atoms with Crippen molar-refractivity contribution in [3.05, 3.63) is 80.6 Å². The number of H-pyrrole nitrogens is 2. The third-order valence-corrected chi connectivity index (χ3v) is 4.25. The Balaban J connectivity index is 1.75. The van der Waals surface area contributed by atoms with Crippen molar-refractivity contribution in [1.82, 2.24) is 14.8 Å². The molecule has 0 fully saturated rings. The first-order chi connectivity index (χ1) is 11.0. The molecule has 0 amide bonds. The summed E-state index contributed by atoms with van der Waals surface area (Å²) < 4.78 is 27.4. The van der Waals surface area contributed by atoms with Crippen LogP contribution in [0.2, 0.25) is 0 Å². The average Bonchev–Trinajstić information content (AvgIpc) is 2.86. The molecule has 5 nitrogen and oxygen atoms in total. The molecule has 0 aliphatic heterocycles. The fourth-order valence-corrected chi connectivity index (χ4v) is 2.92. The quantitative estimate of drug-likeness (QED) is 0.720. The Morgan fingerprint density at radius 1 is 0.957 bits per heavy atom. The summed E-state index contributed by atoms with van der Waals surface area (Å²) >= 11 is 1.36. The summed E-state index contributed by atoms with van der Waals surface area (Å²) in [5.74, 6) is -0.849. The maximum atomic E-state index is 13.6. The molecule has 0 bridgehead atoms. The van der Waals surface area contributed by atoms with Gasteiger partial charge in [0.05, 0.1) is 5.69 Å². The zero-order valence-corrected chi connectivity index (χ0v) is 12.5. The molecule has 0 radical (unpaired) electrons. The van der Waals surface area contributed by atoms with E-state index in [2.05, 4.69) is 10.2 Å². The number of benzene rings is 2. The lowest BCUT2D eigenvalue weighted by atomic mass is 10.2. The SMILES string of the molecule is O=c1[nH][nH]c(=O)n1-c1ccc(SCc2ccc(F)cc2F)cc1. The van der Waals surface area contributed by atoms with E-state index in [0.29, 0.717) is 17.0 Å². The molecule has 1 aromatic heterocycles. The highest BCUT2D eigenvalue weighted by Gasteiger charge is 2.07. The third kappa shape index (κ3) is 3.26. The van der Waals surface area contributed by atoms with Crippen LogP contribution in [0.3, 0.4) is 0 Å². The van der Waals surface area contributed by atoms with Gasteiger partial charge in [-0.05, 0) is 35.9 Å². The molecule has 2 N–H and O–H groups in total. The van der Waals surface area contributed by atoms with Crippen LogP contribution in [0.5, 0.6) is 0 Å². The number of aromatic nitrogens is 3. The first-order valence-electron chi connectivity index (χ1n) is 6.61. The molecule has 0 unspecified atom stereocenters. The molecule has 3 rings (SSSR count). The van der Waals surface area contributed by atoms with Gasteiger partial charge in [0, 0.05) is 16.7 Å².